The zero-order valence-electron chi connectivity index (χ0n) is 10.6. The SMILES string of the molecule is CC(Nc1c(F)cccc1[N+](=O)[O-])c1ccccc1Cl. The van der Waals surface area contributed by atoms with Crippen LogP contribution in [-0.4, -0.2) is 4.92 Å². The molecule has 0 radical (unpaired) electrons. The predicted molar refractivity (Wildman–Crippen MR) is 76.5 cm³/mol. The van der Waals surface area contributed by atoms with Crippen molar-refractivity contribution in [1.82, 2.24) is 0 Å². The summed E-state index contributed by atoms with van der Waals surface area (Å²) in [5.41, 5.74) is 0.306. The van der Waals surface area contributed by atoms with E-state index in [1.165, 1.54) is 18.2 Å². The first-order valence-electron chi connectivity index (χ1n) is 5.94. The Hall–Kier alpha value is -2.14. The Balaban J connectivity index is 2.35. The van der Waals surface area contributed by atoms with Crippen LogP contribution in [-0.2, 0) is 0 Å². The van der Waals surface area contributed by atoms with E-state index in [-0.39, 0.29) is 17.4 Å². The number of halogens is 2. The van der Waals surface area contributed by atoms with E-state index in [9.17, 15) is 14.5 Å². The quantitative estimate of drug-likeness (QED) is 0.664. The lowest BCUT2D eigenvalue weighted by molar-refractivity contribution is -0.384. The average molecular weight is 295 g/mol. The molecule has 0 aromatic heterocycles. The monoisotopic (exact) mass is 294 g/mol. The van der Waals surface area contributed by atoms with Gasteiger partial charge in [-0.05, 0) is 24.6 Å². The fourth-order valence-electron chi connectivity index (χ4n) is 1.93. The summed E-state index contributed by atoms with van der Waals surface area (Å²) in [6.45, 7) is 1.76. The van der Waals surface area contributed by atoms with Gasteiger partial charge in [-0.1, -0.05) is 35.9 Å². The summed E-state index contributed by atoms with van der Waals surface area (Å²) in [6, 6.07) is 10.5. The highest BCUT2D eigenvalue weighted by Gasteiger charge is 2.20. The summed E-state index contributed by atoms with van der Waals surface area (Å²) < 4.78 is 13.8. The second kappa shape index (κ2) is 5.88. The van der Waals surface area contributed by atoms with E-state index in [2.05, 4.69) is 5.32 Å². The number of nitro benzene ring substituents is 1. The topological polar surface area (TPSA) is 55.2 Å². The lowest BCUT2D eigenvalue weighted by atomic mass is 10.1. The van der Waals surface area contributed by atoms with Gasteiger partial charge < -0.3 is 5.32 Å². The Morgan fingerprint density at radius 3 is 2.60 bits per heavy atom. The molecule has 20 heavy (non-hydrogen) atoms. The van der Waals surface area contributed by atoms with Crippen molar-refractivity contribution in [2.75, 3.05) is 5.32 Å². The Labute approximate surface area is 120 Å². The maximum atomic E-state index is 13.8. The normalized spacial score (nSPS) is 11.9. The van der Waals surface area contributed by atoms with Gasteiger partial charge in [0, 0.05) is 11.1 Å². The minimum absolute atomic E-state index is 0.134. The molecule has 0 spiro atoms. The molecule has 0 aliphatic rings. The lowest BCUT2D eigenvalue weighted by Crippen LogP contribution is -2.10. The fourth-order valence-corrected chi connectivity index (χ4v) is 2.23. The number of anilines is 1. The highest BCUT2D eigenvalue weighted by Crippen LogP contribution is 2.32. The first-order valence-corrected chi connectivity index (χ1v) is 6.32. The van der Waals surface area contributed by atoms with Crippen LogP contribution >= 0.6 is 11.6 Å². The van der Waals surface area contributed by atoms with Crippen molar-refractivity contribution in [2.45, 2.75) is 13.0 Å². The van der Waals surface area contributed by atoms with Gasteiger partial charge in [-0.2, -0.15) is 0 Å². The zero-order valence-corrected chi connectivity index (χ0v) is 11.4. The molecule has 1 atom stereocenters. The molecule has 2 rings (SSSR count). The van der Waals surface area contributed by atoms with Crippen molar-refractivity contribution in [1.29, 1.82) is 0 Å². The molecule has 0 amide bonds. The molecule has 0 aliphatic carbocycles. The van der Waals surface area contributed by atoms with Crippen LogP contribution in [0.4, 0.5) is 15.8 Å². The van der Waals surface area contributed by atoms with Crippen molar-refractivity contribution in [3.8, 4) is 0 Å². The molecule has 0 bridgehead atoms. The van der Waals surface area contributed by atoms with Gasteiger partial charge >= 0.3 is 0 Å². The summed E-state index contributed by atoms with van der Waals surface area (Å²) in [5, 5.41) is 14.3. The molecule has 1 N–H and O–H groups in total. The third kappa shape index (κ3) is 2.88. The molecule has 104 valence electrons. The van der Waals surface area contributed by atoms with Crippen molar-refractivity contribution >= 4 is 23.0 Å². The zero-order chi connectivity index (χ0) is 14.7. The third-order valence-corrected chi connectivity index (χ3v) is 3.27. The minimum atomic E-state index is -0.668. The van der Waals surface area contributed by atoms with Gasteiger partial charge in [0.05, 0.1) is 11.0 Å². The second-order valence-electron chi connectivity index (χ2n) is 4.28. The van der Waals surface area contributed by atoms with Gasteiger partial charge in [0.2, 0.25) is 0 Å². The largest absolute Gasteiger partial charge is 0.371 e. The Morgan fingerprint density at radius 2 is 1.95 bits per heavy atom. The van der Waals surface area contributed by atoms with E-state index < -0.39 is 10.7 Å². The highest BCUT2D eigenvalue weighted by atomic mass is 35.5. The van der Waals surface area contributed by atoms with E-state index in [0.717, 1.165) is 5.56 Å². The maximum absolute atomic E-state index is 13.8. The summed E-state index contributed by atoms with van der Waals surface area (Å²) >= 11 is 6.06. The molecule has 0 saturated heterocycles. The van der Waals surface area contributed by atoms with E-state index in [0.29, 0.717) is 5.02 Å². The van der Waals surface area contributed by atoms with Gasteiger partial charge in [0.25, 0.3) is 5.69 Å². The predicted octanol–water partition coefficient (Wildman–Crippen LogP) is 4.56. The number of hydrogen-bond acceptors (Lipinski definition) is 3. The molecule has 0 fully saturated rings. The number of nitrogens with zero attached hydrogens (tertiary/aromatic N) is 1. The number of hydrogen-bond donors (Lipinski definition) is 1. The standard InChI is InChI=1S/C14H12ClFN2O2/c1-9(10-5-2-3-6-11(10)15)17-14-12(16)7-4-8-13(14)18(19)20/h2-9,17H,1H3. The van der Waals surface area contributed by atoms with Crippen LogP contribution in [0.1, 0.15) is 18.5 Å². The summed E-state index contributed by atoms with van der Waals surface area (Å²) in [6.07, 6.45) is 0. The molecule has 0 saturated carbocycles. The number of rotatable bonds is 4. The molecular formula is C14H12ClFN2O2. The Kier molecular flexibility index (Phi) is 4.20. The van der Waals surface area contributed by atoms with Crippen LogP contribution in [0.25, 0.3) is 0 Å². The molecule has 1 unspecified atom stereocenters. The van der Waals surface area contributed by atoms with Crippen molar-refractivity contribution in [3.63, 3.8) is 0 Å². The number of nitrogens with one attached hydrogen (secondary N) is 1. The van der Waals surface area contributed by atoms with Crippen LogP contribution in [0.5, 0.6) is 0 Å². The minimum Gasteiger partial charge on any atom is -0.371 e. The molecular weight excluding hydrogens is 283 g/mol. The fraction of sp³-hybridized carbons (Fsp3) is 0.143. The summed E-state index contributed by atoms with van der Waals surface area (Å²) in [7, 11) is 0. The lowest BCUT2D eigenvalue weighted by Gasteiger charge is -2.17. The first-order chi connectivity index (χ1) is 9.50. The average Bonchev–Trinajstić information content (AvgIpc) is 2.41. The Morgan fingerprint density at radius 1 is 1.25 bits per heavy atom. The van der Waals surface area contributed by atoms with Gasteiger partial charge in [-0.15, -0.1) is 0 Å². The smallest absolute Gasteiger partial charge is 0.295 e. The van der Waals surface area contributed by atoms with Crippen LogP contribution in [0.2, 0.25) is 5.02 Å². The van der Waals surface area contributed by atoms with E-state index in [4.69, 9.17) is 11.6 Å². The summed E-state index contributed by atoms with van der Waals surface area (Å²) in [4.78, 5) is 10.3. The Bertz CT molecular complexity index is 649. The third-order valence-electron chi connectivity index (χ3n) is 2.92. The molecule has 0 heterocycles. The van der Waals surface area contributed by atoms with Gasteiger partial charge in [0.15, 0.2) is 5.82 Å². The van der Waals surface area contributed by atoms with Gasteiger partial charge in [-0.3, -0.25) is 10.1 Å². The van der Waals surface area contributed by atoms with Crippen molar-refractivity contribution < 1.29 is 9.31 Å². The first kappa shape index (κ1) is 14.3. The van der Waals surface area contributed by atoms with Crippen LogP contribution in [0, 0.1) is 15.9 Å². The van der Waals surface area contributed by atoms with E-state index in [1.54, 1.807) is 31.2 Å². The van der Waals surface area contributed by atoms with E-state index >= 15 is 0 Å². The number of nitro groups is 1. The van der Waals surface area contributed by atoms with Crippen LogP contribution in [0.15, 0.2) is 42.5 Å². The molecule has 4 nitrogen and oxygen atoms in total. The number of benzene rings is 2. The van der Waals surface area contributed by atoms with E-state index in [1.807, 2.05) is 0 Å². The number of para-hydroxylation sites is 1. The molecule has 6 heteroatoms. The van der Waals surface area contributed by atoms with Crippen molar-refractivity contribution in [2.24, 2.45) is 0 Å². The molecule has 0 aliphatic heterocycles. The van der Waals surface area contributed by atoms with Crippen LogP contribution in [0.3, 0.4) is 0 Å². The van der Waals surface area contributed by atoms with Crippen molar-refractivity contribution in [3.05, 3.63) is 69.0 Å². The molecule has 2 aromatic rings. The molecule has 2 aromatic carbocycles. The van der Waals surface area contributed by atoms with Gasteiger partial charge in [-0.25, -0.2) is 4.39 Å². The maximum Gasteiger partial charge on any atom is 0.295 e. The second-order valence-corrected chi connectivity index (χ2v) is 4.69. The van der Waals surface area contributed by atoms with Gasteiger partial charge in [0.1, 0.15) is 5.69 Å². The van der Waals surface area contributed by atoms with Crippen LogP contribution < -0.4 is 5.32 Å². The summed E-state index contributed by atoms with van der Waals surface area (Å²) in [5.74, 6) is -0.668. The highest BCUT2D eigenvalue weighted by molar-refractivity contribution is 6.31.